The quantitative estimate of drug-likeness (QED) is 0.307. The topological polar surface area (TPSA) is 83.7 Å². The van der Waals surface area contributed by atoms with Gasteiger partial charge in [-0.05, 0) is 88.6 Å². The fourth-order valence-corrected chi connectivity index (χ4v) is 4.95. The van der Waals surface area contributed by atoms with E-state index in [1.54, 1.807) is 12.1 Å². The summed E-state index contributed by atoms with van der Waals surface area (Å²) in [5, 5.41) is 12.7. The number of carbonyl (C=O) groups excluding carboxylic acids is 1. The molecule has 3 aromatic carbocycles. The first-order valence-electron chi connectivity index (χ1n) is 11.5. The lowest BCUT2D eigenvalue weighted by Gasteiger charge is -2.15. The van der Waals surface area contributed by atoms with Crippen LogP contribution in [-0.2, 0) is 17.8 Å². The smallest absolute Gasteiger partial charge is 0.264 e. The molecule has 4 rings (SSSR count). The number of aryl methyl sites for hydroxylation is 1. The number of hydrogen-bond acceptors (Lipinski definition) is 6. The molecular weight excluding hydrogens is 538 g/mol. The maximum absolute atomic E-state index is 12.6. The lowest BCUT2D eigenvalue weighted by atomic mass is 10.1. The third kappa shape index (κ3) is 6.17. The van der Waals surface area contributed by atoms with E-state index in [4.69, 9.17) is 9.47 Å². The van der Waals surface area contributed by atoms with Crippen LogP contribution in [0, 0.1) is 11.3 Å². The minimum absolute atomic E-state index is 0.202. The van der Waals surface area contributed by atoms with E-state index >= 15 is 0 Å². The van der Waals surface area contributed by atoms with Crippen molar-refractivity contribution in [3.63, 3.8) is 0 Å². The zero-order valence-corrected chi connectivity index (χ0v) is 22.3. The predicted octanol–water partition coefficient (Wildman–Crippen LogP) is 6.75. The second kappa shape index (κ2) is 11.9. The third-order valence-corrected chi connectivity index (χ3v) is 6.86. The number of rotatable bonds is 8. The minimum Gasteiger partial charge on any atom is -0.490 e. The Morgan fingerprint density at radius 2 is 1.89 bits per heavy atom. The van der Waals surface area contributed by atoms with Crippen LogP contribution in [0.4, 0.5) is 5.69 Å². The number of ether oxygens (including phenoxy) is 2. The molecule has 0 aromatic heterocycles. The van der Waals surface area contributed by atoms with E-state index in [9.17, 15) is 10.1 Å². The largest absolute Gasteiger partial charge is 0.490 e. The summed E-state index contributed by atoms with van der Waals surface area (Å²) >= 11 is 4.87. The third-order valence-electron chi connectivity index (χ3n) is 5.37. The van der Waals surface area contributed by atoms with E-state index in [0.717, 1.165) is 23.2 Å². The lowest BCUT2D eigenvalue weighted by Crippen LogP contribution is -2.19. The Hall–Kier alpha value is -3.54. The summed E-state index contributed by atoms with van der Waals surface area (Å²) in [6, 6.07) is 21.2. The summed E-state index contributed by atoms with van der Waals surface area (Å²) < 4.78 is 12.6. The van der Waals surface area contributed by atoms with Gasteiger partial charge in [0.15, 0.2) is 16.7 Å². The predicted molar refractivity (Wildman–Crippen MR) is 147 cm³/mol. The number of benzene rings is 3. The van der Waals surface area contributed by atoms with Crippen LogP contribution in [0.3, 0.4) is 0 Å². The number of nitrogens with one attached hydrogen (secondary N) is 1. The van der Waals surface area contributed by atoms with Crippen LogP contribution in [0.5, 0.6) is 11.5 Å². The second-order valence-corrected chi connectivity index (χ2v) is 9.71. The van der Waals surface area contributed by atoms with E-state index < -0.39 is 0 Å². The number of hydrogen-bond donors (Lipinski definition) is 1. The molecule has 0 aliphatic carbocycles. The second-order valence-electron chi connectivity index (χ2n) is 7.82. The highest BCUT2D eigenvalue weighted by atomic mass is 79.9. The van der Waals surface area contributed by atoms with Gasteiger partial charge in [-0.3, -0.25) is 4.79 Å². The van der Waals surface area contributed by atoms with Gasteiger partial charge in [0.05, 0.1) is 33.3 Å². The van der Waals surface area contributed by atoms with Gasteiger partial charge < -0.3 is 14.8 Å². The Balaban J connectivity index is 1.55. The number of aliphatic imine (C=N–C) groups is 1. The number of amidine groups is 1. The SMILES string of the molecule is CCOc1cc(/C=C2\SC(=Nc3ccc(CC)cc3)NC2=O)cc(Br)c1OCc1ccccc1C#N. The van der Waals surface area contributed by atoms with Gasteiger partial charge in [0.1, 0.15) is 6.61 Å². The van der Waals surface area contributed by atoms with Crippen LogP contribution < -0.4 is 14.8 Å². The molecule has 1 aliphatic rings. The fraction of sp³-hybridized carbons (Fsp3) is 0.179. The highest BCUT2D eigenvalue weighted by Crippen LogP contribution is 2.39. The Morgan fingerprint density at radius 1 is 1.11 bits per heavy atom. The standard InChI is InChI=1S/C28H24BrN3O3S/c1-3-18-9-11-22(12-10-18)31-28-32-27(33)25(36-28)15-19-13-23(29)26(24(14-19)34-4-2)35-17-21-8-6-5-7-20(21)16-30/h5-15H,3-4,17H2,1-2H3,(H,31,32,33)/b25-15-. The molecule has 182 valence electrons. The van der Waals surface area contributed by atoms with Gasteiger partial charge in [0.2, 0.25) is 0 Å². The van der Waals surface area contributed by atoms with E-state index in [1.165, 1.54) is 17.3 Å². The molecule has 0 radical (unpaired) electrons. The molecule has 0 atom stereocenters. The molecule has 6 nitrogen and oxygen atoms in total. The summed E-state index contributed by atoms with van der Waals surface area (Å²) in [5.74, 6) is 0.876. The average molecular weight is 562 g/mol. The molecule has 36 heavy (non-hydrogen) atoms. The maximum Gasteiger partial charge on any atom is 0.264 e. The molecule has 0 unspecified atom stereocenters. The zero-order chi connectivity index (χ0) is 25.5. The summed E-state index contributed by atoms with van der Waals surface area (Å²) in [5.41, 5.74) is 4.16. The molecule has 1 fully saturated rings. The molecule has 0 bridgehead atoms. The summed E-state index contributed by atoms with van der Waals surface area (Å²) in [6.07, 6.45) is 2.76. The van der Waals surface area contributed by atoms with Crippen LogP contribution in [0.25, 0.3) is 6.08 Å². The number of carbonyl (C=O) groups is 1. The van der Waals surface area contributed by atoms with Crippen LogP contribution in [0.1, 0.15) is 36.1 Å². The number of nitriles is 1. The molecule has 1 saturated heterocycles. The summed E-state index contributed by atoms with van der Waals surface area (Å²) in [7, 11) is 0. The van der Waals surface area contributed by atoms with Crippen molar-refractivity contribution in [1.82, 2.24) is 5.32 Å². The average Bonchev–Trinajstić information content (AvgIpc) is 3.22. The minimum atomic E-state index is -0.202. The van der Waals surface area contributed by atoms with Crippen LogP contribution in [0.15, 0.2) is 75.0 Å². The Morgan fingerprint density at radius 3 is 2.61 bits per heavy atom. The molecule has 0 saturated carbocycles. The number of nitrogens with zero attached hydrogens (tertiary/aromatic N) is 2. The first-order chi connectivity index (χ1) is 17.5. The van der Waals surface area contributed by atoms with Gasteiger partial charge in [-0.1, -0.05) is 37.3 Å². The van der Waals surface area contributed by atoms with Crippen molar-refractivity contribution in [1.29, 1.82) is 5.26 Å². The van der Waals surface area contributed by atoms with E-state index in [2.05, 4.69) is 39.2 Å². The number of halogens is 1. The maximum atomic E-state index is 12.6. The van der Waals surface area contributed by atoms with Crippen molar-refractivity contribution in [2.75, 3.05) is 6.61 Å². The Bertz CT molecular complexity index is 1380. The molecule has 3 aromatic rings. The normalized spacial score (nSPS) is 15.1. The first kappa shape index (κ1) is 25.5. The summed E-state index contributed by atoms with van der Waals surface area (Å²) in [4.78, 5) is 17.7. The van der Waals surface area contributed by atoms with Crippen molar-refractivity contribution in [3.05, 3.63) is 92.3 Å². The van der Waals surface area contributed by atoms with Gasteiger partial charge in [-0.15, -0.1) is 0 Å². The molecule has 1 aliphatic heterocycles. The van der Waals surface area contributed by atoms with Crippen molar-refractivity contribution in [3.8, 4) is 17.6 Å². The van der Waals surface area contributed by atoms with Crippen molar-refractivity contribution in [2.45, 2.75) is 26.9 Å². The molecule has 0 spiro atoms. The monoisotopic (exact) mass is 561 g/mol. The Labute approximate surface area is 223 Å². The van der Waals surface area contributed by atoms with Gasteiger partial charge in [0.25, 0.3) is 5.91 Å². The van der Waals surface area contributed by atoms with Gasteiger partial charge in [-0.25, -0.2) is 4.99 Å². The Kier molecular flexibility index (Phi) is 8.47. The van der Waals surface area contributed by atoms with Crippen LogP contribution >= 0.6 is 27.7 Å². The first-order valence-corrected chi connectivity index (χ1v) is 13.1. The van der Waals surface area contributed by atoms with Gasteiger partial charge in [-0.2, -0.15) is 5.26 Å². The van der Waals surface area contributed by atoms with Crippen molar-refractivity contribution >= 4 is 50.5 Å². The van der Waals surface area contributed by atoms with Crippen LogP contribution in [0.2, 0.25) is 0 Å². The number of amides is 1. The van der Waals surface area contributed by atoms with E-state index in [1.807, 2.05) is 61.5 Å². The molecule has 1 heterocycles. The fourth-order valence-electron chi connectivity index (χ4n) is 3.53. The molecular formula is C28H24BrN3O3S. The van der Waals surface area contributed by atoms with Gasteiger partial charge in [0, 0.05) is 5.56 Å². The molecule has 1 amide bonds. The summed E-state index contributed by atoms with van der Waals surface area (Å²) in [6.45, 7) is 4.66. The highest BCUT2D eigenvalue weighted by molar-refractivity contribution is 9.10. The molecule has 1 N–H and O–H groups in total. The lowest BCUT2D eigenvalue weighted by molar-refractivity contribution is -0.115. The molecule has 8 heteroatoms. The van der Waals surface area contributed by atoms with E-state index in [-0.39, 0.29) is 12.5 Å². The van der Waals surface area contributed by atoms with Crippen molar-refractivity contribution in [2.24, 2.45) is 4.99 Å². The van der Waals surface area contributed by atoms with Crippen LogP contribution in [-0.4, -0.2) is 17.7 Å². The van der Waals surface area contributed by atoms with Gasteiger partial charge >= 0.3 is 0 Å². The number of thioether (sulfide) groups is 1. The van der Waals surface area contributed by atoms with E-state index in [0.29, 0.717) is 38.2 Å². The van der Waals surface area contributed by atoms with Crippen molar-refractivity contribution < 1.29 is 14.3 Å². The highest BCUT2D eigenvalue weighted by Gasteiger charge is 2.24. The zero-order valence-electron chi connectivity index (χ0n) is 19.9.